The first-order valence-corrected chi connectivity index (χ1v) is 9.29. The minimum Gasteiger partial charge on any atom is -0.462 e. The molecular weight excluding hydrogens is 304 g/mol. The third-order valence-corrected chi connectivity index (χ3v) is 3.77. The smallest absolute Gasteiger partial charge is 0.306 e. The summed E-state index contributed by atoms with van der Waals surface area (Å²) in [4.78, 5) is 23.6. The average molecular weight is 338 g/mol. The van der Waals surface area contributed by atoms with Crippen molar-refractivity contribution in [2.75, 3.05) is 0 Å². The number of hydrogen-bond acceptors (Lipinski definition) is 4. The number of carbonyl (C=O) groups excluding carboxylic acids is 2. The van der Waals surface area contributed by atoms with Crippen molar-refractivity contribution >= 4 is 11.9 Å². The second-order valence-corrected chi connectivity index (χ2v) is 6.36. The fourth-order valence-corrected chi connectivity index (χ4v) is 2.21. The molecule has 0 fully saturated rings. The maximum atomic E-state index is 11.8. The van der Waals surface area contributed by atoms with Crippen molar-refractivity contribution < 1.29 is 19.1 Å². The zero-order valence-corrected chi connectivity index (χ0v) is 16.0. The molecule has 24 heavy (non-hydrogen) atoms. The minimum atomic E-state index is -0.261. The van der Waals surface area contributed by atoms with E-state index in [1.54, 1.807) is 0 Å². The molecule has 0 saturated carbocycles. The first kappa shape index (κ1) is 22.5. The molecule has 0 rings (SSSR count). The number of rotatable bonds is 11. The predicted octanol–water partition coefficient (Wildman–Crippen LogP) is 4.65. The van der Waals surface area contributed by atoms with Crippen LogP contribution < -0.4 is 0 Å². The molecule has 0 heterocycles. The molecule has 0 radical (unpaired) electrons. The molecule has 0 saturated heterocycles. The largest absolute Gasteiger partial charge is 0.462 e. The summed E-state index contributed by atoms with van der Waals surface area (Å²) >= 11 is 0. The van der Waals surface area contributed by atoms with Crippen LogP contribution >= 0.6 is 0 Å². The summed E-state index contributed by atoms with van der Waals surface area (Å²) in [6.45, 7) is 10.1. The zero-order chi connectivity index (χ0) is 18.4. The maximum Gasteiger partial charge on any atom is 0.306 e. The first-order chi connectivity index (χ1) is 11.4. The number of ether oxygens (including phenoxy) is 2. The van der Waals surface area contributed by atoms with Crippen LogP contribution in [-0.2, 0) is 19.1 Å². The summed E-state index contributed by atoms with van der Waals surface area (Å²) in [5.41, 5.74) is 0. The number of carbonyl (C=O) groups is 2. The van der Waals surface area contributed by atoms with E-state index >= 15 is 0 Å². The zero-order valence-electron chi connectivity index (χ0n) is 16.0. The molecular formula is C20H34O4. The fraction of sp³-hybridized carbons (Fsp3) is 0.800. The Morgan fingerprint density at radius 1 is 0.917 bits per heavy atom. The van der Waals surface area contributed by atoms with Crippen LogP contribution in [-0.4, -0.2) is 24.1 Å². The summed E-state index contributed by atoms with van der Waals surface area (Å²) in [6.07, 6.45) is 4.81. The second-order valence-electron chi connectivity index (χ2n) is 6.36. The van der Waals surface area contributed by atoms with E-state index in [9.17, 15) is 9.59 Å². The van der Waals surface area contributed by atoms with E-state index in [1.165, 1.54) is 0 Å². The van der Waals surface area contributed by atoms with Gasteiger partial charge in [-0.05, 0) is 31.6 Å². The molecule has 2 atom stereocenters. The summed E-state index contributed by atoms with van der Waals surface area (Å²) < 4.78 is 10.8. The second kappa shape index (κ2) is 13.9. The fourth-order valence-electron chi connectivity index (χ4n) is 2.21. The molecule has 0 bridgehead atoms. The van der Waals surface area contributed by atoms with Crippen molar-refractivity contribution in [1.82, 2.24) is 0 Å². The van der Waals surface area contributed by atoms with E-state index in [0.717, 1.165) is 25.7 Å². The Labute approximate surface area is 147 Å². The van der Waals surface area contributed by atoms with Crippen molar-refractivity contribution in [3.05, 3.63) is 0 Å². The van der Waals surface area contributed by atoms with Crippen LogP contribution in [0.2, 0.25) is 0 Å². The maximum absolute atomic E-state index is 11.8. The SMILES string of the molecule is CCCC#CCC(CC)OC(=O)CCCC(=O)OC(CC)C(C)C. The molecule has 0 aliphatic carbocycles. The Morgan fingerprint density at radius 3 is 2.04 bits per heavy atom. The van der Waals surface area contributed by atoms with Crippen molar-refractivity contribution in [1.29, 1.82) is 0 Å². The molecule has 0 amide bonds. The van der Waals surface area contributed by atoms with Crippen molar-refractivity contribution in [2.45, 2.75) is 98.2 Å². The lowest BCUT2D eigenvalue weighted by atomic mass is 10.1. The van der Waals surface area contributed by atoms with Crippen LogP contribution in [0, 0.1) is 17.8 Å². The van der Waals surface area contributed by atoms with E-state index in [4.69, 9.17) is 9.47 Å². The number of unbranched alkanes of at least 4 members (excludes halogenated alkanes) is 1. The summed E-state index contributed by atoms with van der Waals surface area (Å²) in [5.74, 6) is 5.93. The van der Waals surface area contributed by atoms with Gasteiger partial charge >= 0.3 is 11.9 Å². The summed E-state index contributed by atoms with van der Waals surface area (Å²) in [6, 6.07) is 0. The van der Waals surface area contributed by atoms with Crippen LogP contribution in [0.1, 0.15) is 86.0 Å². The lowest BCUT2D eigenvalue weighted by molar-refractivity contribution is -0.152. The minimum absolute atomic E-state index is 0.0457. The Balaban J connectivity index is 4.03. The van der Waals surface area contributed by atoms with Crippen LogP contribution in [0.25, 0.3) is 0 Å². The molecule has 0 spiro atoms. The van der Waals surface area contributed by atoms with Gasteiger partial charge in [0, 0.05) is 25.7 Å². The van der Waals surface area contributed by atoms with Crippen molar-refractivity contribution in [3.8, 4) is 11.8 Å². The highest BCUT2D eigenvalue weighted by molar-refractivity contribution is 5.72. The van der Waals surface area contributed by atoms with Crippen molar-refractivity contribution in [3.63, 3.8) is 0 Å². The normalized spacial score (nSPS) is 12.9. The lowest BCUT2D eigenvalue weighted by Crippen LogP contribution is -2.23. The first-order valence-electron chi connectivity index (χ1n) is 9.29. The van der Waals surface area contributed by atoms with Gasteiger partial charge in [-0.1, -0.05) is 40.5 Å². The van der Waals surface area contributed by atoms with Gasteiger partial charge in [0.1, 0.15) is 12.2 Å². The molecule has 138 valence electrons. The van der Waals surface area contributed by atoms with Gasteiger partial charge in [-0.25, -0.2) is 0 Å². The van der Waals surface area contributed by atoms with Crippen LogP contribution in [0.3, 0.4) is 0 Å². The van der Waals surface area contributed by atoms with Gasteiger partial charge in [-0.3, -0.25) is 9.59 Å². The molecule has 4 heteroatoms. The molecule has 0 aromatic rings. The molecule has 0 aliphatic heterocycles. The Kier molecular flexibility index (Phi) is 13.0. The highest BCUT2D eigenvalue weighted by Gasteiger charge is 2.17. The Morgan fingerprint density at radius 2 is 1.54 bits per heavy atom. The standard InChI is InChI=1S/C20H34O4/c1-6-9-10-11-13-17(7-2)23-19(21)14-12-15-20(22)24-18(8-3)16(4)5/h16-18H,6-9,12-15H2,1-5H3. The van der Waals surface area contributed by atoms with Gasteiger partial charge in [0.05, 0.1) is 0 Å². The highest BCUT2D eigenvalue weighted by Crippen LogP contribution is 2.13. The summed E-state index contributed by atoms with van der Waals surface area (Å²) in [7, 11) is 0. The van der Waals surface area contributed by atoms with E-state index < -0.39 is 0 Å². The van der Waals surface area contributed by atoms with Crippen LogP contribution in [0.15, 0.2) is 0 Å². The van der Waals surface area contributed by atoms with E-state index in [2.05, 4.69) is 18.8 Å². The molecule has 0 N–H and O–H groups in total. The molecule has 2 unspecified atom stereocenters. The highest BCUT2D eigenvalue weighted by atomic mass is 16.5. The molecule has 4 nitrogen and oxygen atoms in total. The molecule has 0 aromatic heterocycles. The molecule has 0 aromatic carbocycles. The predicted molar refractivity (Wildman–Crippen MR) is 96.3 cm³/mol. The van der Waals surface area contributed by atoms with Crippen LogP contribution in [0.4, 0.5) is 0 Å². The van der Waals surface area contributed by atoms with Gasteiger partial charge in [0.2, 0.25) is 0 Å². The molecule has 0 aliphatic rings. The van der Waals surface area contributed by atoms with Gasteiger partial charge in [-0.15, -0.1) is 5.92 Å². The Bertz CT molecular complexity index is 417. The third kappa shape index (κ3) is 11.1. The summed E-state index contributed by atoms with van der Waals surface area (Å²) in [5, 5.41) is 0. The van der Waals surface area contributed by atoms with Crippen LogP contribution in [0.5, 0.6) is 0 Å². The van der Waals surface area contributed by atoms with Gasteiger partial charge in [0.15, 0.2) is 0 Å². The Hall–Kier alpha value is -1.50. The van der Waals surface area contributed by atoms with E-state index in [1.807, 2.05) is 27.7 Å². The van der Waals surface area contributed by atoms with Gasteiger partial charge in [0.25, 0.3) is 0 Å². The van der Waals surface area contributed by atoms with Gasteiger partial charge in [-0.2, -0.15) is 0 Å². The third-order valence-electron chi connectivity index (χ3n) is 3.77. The van der Waals surface area contributed by atoms with Gasteiger partial charge < -0.3 is 9.47 Å². The van der Waals surface area contributed by atoms with E-state index in [0.29, 0.717) is 18.8 Å². The lowest BCUT2D eigenvalue weighted by Gasteiger charge is -2.19. The quantitative estimate of drug-likeness (QED) is 0.406. The average Bonchev–Trinajstić information content (AvgIpc) is 2.55. The topological polar surface area (TPSA) is 52.6 Å². The van der Waals surface area contributed by atoms with E-state index in [-0.39, 0.29) is 37.0 Å². The number of hydrogen-bond donors (Lipinski definition) is 0. The van der Waals surface area contributed by atoms with Crippen molar-refractivity contribution in [2.24, 2.45) is 5.92 Å². The number of esters is 2. The monoisotopic (exact) mass is 338 g/mol.